The van der Waals surface area contributed by atoms with Crippen molar-refractivity contribution in [2.45, 2.75) is 0 Å². The molecule has 1 N–H and O–H groups in total. The fourth-order valence-corrected chi connectivity index (χ4v) is 1.07. The molecule has 0 aromatic carbocycles. The predicted octanol–water partition coefficient (Wildman–Crippen LogP) is 0.448. The number of fused-ring (bicyclic) bond motifs is 1. The van der Waals surface area contributed by atoms with Gasteiger partial charge in [-0.1, -0.05) is 0 Å². The Hall–Kier alpha value is -1.71. The molecule has 0 aliphatic heterocycles. The summed E-state index contributed by atoms with van der Waals surface area (Å²) in [5, 5.41) is 8.45. The van der Waals surface area contributed by atoms with E-state index in [0.717, 1.165) is 5.39 Å². The van der Waals surface area contributed by atoms with Crippen LogP contribution >= 0.6 is 0 Å². The van der Waals surface area contributed by atoms with Crippen molar-refractivity contribution in [3.05, 3.63) is 30.1 Å². The second-order valence-electron chi connectivity index (χ2n) is 2.58. The first-order valence-corrected chi connectivity index (χ1v) is 3.60. The van der Waals surface area contributed by atoms with Gasteiger partial charge in [0, 0.05) is 13.2 Å². The molecule has 0 saturated heterocycles. The van der Waals surface area contributed by atoms with Crippen LogP contribution in [-0.2, 0) is 7.05 Å². The molecular formula is C8H8N4. The lowest BCUT2D eigenvalue weighted by molar-refractivity contribution is 0.803. The molecule has 4 nitrogen and oxygen atoms in total. The van der Waals surface area contributed by atoms with Crippen molar-refractivity contribution in [1.82, 2.24) is 14.5 Å². The first-order chi connectivity index (χ1) is 5.79. The molecule has 0 unspecified atom stereocenters. The van der Waals surface area contributed by atoms with E-state index in [0.29, 0.717) is 11.1 Å². The SMILES string of the molecule is Cn1cnc2ncccc2c1=N. The van der Waals surface area contributed by atoms with Crippen molar-refractivity contribution in [2.75, 3.05) is 0 Å². The fraction of sp³-hybridized carbons (Fsp3) is 0.125. The van der Waals surface area contributed by atoms with Crippen molar-refractivity contribution < 1.29 is 0 Å². The average molecular weight is 160 g/mol. The van der Waals surface area contributed by atoms with Crippen molar-refractivity contribution in [3.63, 3.8) is 0 Å². The Bertz CT molecular complexity index is 472. The van der Waals surface area contributed by atoms with Gasteiger partial charge in [0.05, 0.1) is 11.7 Å². The number of hydrogen-bond acceptors (Lipinski definition) is 3. The van der Waals surface area contributed by atoms with Crippen LogP contribution in [0.25, 0.3) is 11.0 Å². The Morgan fingerprint density at radius 2 is 2.25 bits per heavy atom. The van der Waals surface area contributed by atoms with E-state index in [2.05, 4.69) is 9.97 Å². The maximum atomic E-state index is 7.67. The summed E-state index contributed by atoms with van der Waals surface area (Å²) in [4.78, 5) is 8.11. The Labute approximate surface area is 69.0 Å². The largest absolute Gasteiger partial charge is 0.320 e. The summed E-state index contributed by atoms with van der Waals surface area (Å²) in [5.41, 5.74) is 1.06. The van der Waals surface area contributed by atoms with Crippen LogP contribution in [0.3, 0.4) is 0 Å². The summed E-state index contributed by atoms with van der Waals surface area (Å²) in [5.74, 6) is 0. The van der Waals surface area contributed by atoms with Crippen LogP contribution in [0.15, 0.2) is 24.7 Å². The third kappa shape index (κ3) is 0.887. The zero-order valence-electron chi connectivity index (χ0n) is 6.65. The highest BCUT2D eigenvalue weighted by molar-refractivity contribution is 5.71. The van der Waals surface area contributed by atoms with E-state index >= 15 is 0 Å². The van der Waals surface area contributed by atoms with Crippen molar-refractivity contribution in [1.29, 1.82) is 5.41 Å². The summed E-state index contributed by atoms with van der Waals surface area (Å²) in [7, 11) is 1.79. The second kappa shape index (κ2) is 2.41. The second-order valence-corrected chi connectivity index (χ2v) is 2.58. The van der Waals surface area contributed by atoms with Crippen molar-refractivity contribution in [2.24, 2.45) is 7.05 Å². The molecule has 2 rings (SSSR count). The Kier molecular flexibility index (Phi) is 1.40. The molecule has 0 fully saturated rings. The summed E-state index contributed by atoms with van der Waals surface area (Å²) in [6.45, 7) is 0. The predicted molar refractivity (Wildman–Crippen MR) is 44.4 cm³/mol. The van der Waals surface area contributed by atoms with Gasteiger partial charge in [-0.25, -0.2) is 9.97 Å². The van der Waals surface area contributed by atoms with Crippen LogP contribution in [0.4, 0.5) is 0 Å². The molecule has 0 saturated carbocycles. The number of nitrogens with zero attached hydrogens (tertiary/aromatic N) is 3. The summed E-state index contributed by atoms with van der Waals surface area (Å²) >= 11 is 0. The van der Waals surface area contributed by atoms with Crippen molar-refractivity contribution in [3.8, 4) is 0 Å². The Balaban J connectivity index is 3.01. The smallest absolute Gasteiger partial charge is 0.164 e. The molecule has 0 spiro atoms. The minimum absolute atomic E-state index is 0.438. The van der Waals surface area contributed by atoms with Crippen LogP contribution in [-0.4, -0.2) is 14.5 Å². The fourth-order valence-electron chi connectivity index (χ4n) is 1.07. The Morgan fingerprint density at radius 1 is 1.42 bits per heavy atom. The first kappa shape index (κ1) is 6.97. The molecule has 0 amide bonds. The number of nitrogens with one attached hydrogen (secondary N) is 1. The van der Waals surface area contributed by atoms with Gasteiger partial charge in [-0.15, -0.1) is 0 Å². The standard InChI is InChI=1S/C8H8N4/c1-12-5-11-8-6(7(12)9)3-2-4-10-8/h2-5,9H,1H3. The summed E-state index contributed by atoms with van der Waals surface area (Å²) in [6, 6.07) is 3.65. The van der Waals surface area contributed by atoms with E-state index in [4.69, 9.17) is 5.41 Å². The number of pyridine rings is 1. The quantitative estimate of drug-likeness (QED) is 0.608. The van der Waals surface area contributed by atoms with Gasteiger partial charge in [-0.3, -0.25) is 5.41 Å². The van der Waals surface area contributed by atoms with E-state index in [1.165, 1.54) is 0 Å². The molecule has 0 bridgehead atoms. The normalized spacial score (nSPS) is 10.4. The van der Waals surface area contributed by atoms with Crippen LogP contribution in [0.2, 0.25) is 0 Å². The maximum absolute atomic E-state index is 7.67. The molecule has 2 aromatic rings. The molecule has 0 aliphatic rings. The van der Waals surface area contributed by atoms with Crippen LogP contribution in [0, 0.1) is 5.41 Å². The van der Waals surface area contributed by atoms with Gasteiger partial charge in [-0.05, 0) is 12.1 Å². The highest BCUT2D eigenvalue weighted by Gasteiger charge is 1.96. The van der Waals surface area contributed by atoms with Crippen LogP contribution < -0.4 is 5.49 Å². The van der Waals surface area contributed by atoms with E-state index in [9.17, 15) is 0 Å². The molecule has 0 radical (unpaired) electrons. The third-order valence-electron chi connectivity index (χ3n) is 1.75. The van der Waals surface area contributed by atoms with Gasteiger partial charge in [0.15, 0.2) is 5.65 Å². The highest BCUT2D eigenvalue weighted by atomic mass is 15.0. The number of rotatable bonds is 0. The van der Waals surface area contributed by atoms with Gasteiger partial charge >= 0.3 is 0 Å². The topological polar surface area (TPSA) is 54.6 Å². The molecular weight excluding hydrogens is 152 g/mol. The highest BCUT2D eigenvalue weighted by Crippen LogP contribution is 1.99. The van der Waals surface area contributed by atoms with Crippen molar-refractivity contribution >= 4 is 11.0 Å². The molecule has 4 heteroatoms. The number of aryl methyl sites for hydroxylation is 1. The monoisotopic (exact) mass is 160 g/mol. The summed E-state index contributed by atoms with van der Waals surface area (Å²) < 4.78 is 1.66. The van der Waals surface area contributed by atoms with E-state index in [-0.39, 0.29) is 0 Å². The van der Waals surface area contributed by atoms with E-state index < -0.39 is 0 Å². The van der Waals surface area contributed by atoms with Gasteiger partial charge in [-0.2, -0.15) is 0 Å². The zero-order chi connectivity index (χ0) is 8.55. The summed E-state index contributed by atoms with van der Waals surface area (Å²) in [6.07, 6.45) is 3.27. The average Bonchev–Trinajstić information content (AvgIpc) is 2.12. The molecule has 12 heavy (non-hydrogen) atoms. The number of hydrogen-bond donors (Lipinski definition) is 1. The van der Waals surface area contributed by atoms with E-state index in [1.54, 1.807) is 24.1 Å². The molecule has 0 aliphatic carbocycles. The number of aromatic nitrogens is 3. The third-order valence-corrected chi connectivity index (χ3v) is 1.75. The van der Waals surface area contributed by atoms with Gasteiger partial charge in [0.1, 0.15) is 5.49 Å². The van der Waals surface area contributed by atoms with Gasteiger partial charge in [0.25, 0.3) is 0 Å². The van der Waals surface area contributed by atoms with Gasteiger partial charge in [0.2, 0.25) is 0 Å². The molecule has 60 valence electrons. The van der Waals surface area contributed by atoms with E-state index in [1.807, 2.05) is 12.1 Å². The first-order valence-electron chi connectivity index (χ1n) is 3.60. The molecule has 2 aromatic heterocycles. The lowest BCUT2D eigenvalue weighted by atomic mass is 10.3. The molecule has 2 heterocycles. The van der Waals surface area contributed by atoms with Crippen LogP contribution in [0.5, 0.6) is 0 Å². The molecule has 0 atom stereocenters. The maximum Gasteiger partial charge on any atom is 0.164 e. The lowest BCUT2D eigenvalue weighted by Crippen LogP contribution is -2.17. The van der Waals surface area contributed by atoms with Gasteiger partial charge < -0.3 is 4.57 Å². The Morgan fingerprint density at radius 3 is 3.08 bits per heavy atom. The minimum Gasteiger partial charge on any atom is -0.320 e. The minimum atomic E-state index is 0.438. The zero-order valence-corrected chi connectivity index (χ0v) is 6.65. The lowest BCUT2D eigenvalue weighted by Gasteiger charge is -1.99. The van der Waals surface area contributed by atoms with Crippen LogP contribution in [0.1, 0.15) is 0 Å².